The molecule has 0 saturated heterocycles. The van der Waals surface area contributed by atoms with Crippen LogP contribution < -0.4 is 10.2 Å². The highest BCUT2D eigenvalue weighted by Crippen LogP contribution is 2.32. The summed E-state index contributed by atoms with van der Waals surface area (Å²) in [5, 5.41) is 14.6. The summed E-state index contributed by atoms with van der Waals surface area (Å²) in [5.74, 6) is -0.493. The number of phenols is 1. The van der Waals surface area contributed by atoms with Crippen molar-refractivity contribution >= 4 is 34.5 Å². The third-order valence-corrected chi connectivity index (χ3v) is 5.80. The predicted octanol–water partition coefficient (Wildman–Crippen LogP) is 4.69. The lowest BCUT2D eigenvalue weighted by atomic mass is 10.1. The van der Waals surface area contributed by atoms with Gasteiger partial charge in [0.05, 0.1) is 11.3 Å². The molecular formula is C22H20N2O3S. The van der Waals surface area contributed by atoms with Crippen LogP contribution in [0.15, 0.2) is 60.0 Å². The summed E-state index contributed by atoms with van der Waals surface area (Å²) in [5.41, 5.74) is 2.37. The SMILES string of the molecule is O=C(Nc1ccc(C(=O)N2CCCCc3sccc32)cc1)c1ccccc1O. The van der Waals surface area contributed by atoms with Crippen molar-refractivity contribution in [2.45, 2.75) is 19.3 Å². The van der Waals surface area contributed by atoms with Crippen molar-refractivity contribution in [1.29, 1.82) is 0 Å². The molecule has 6 heteroatoms. The van der Waals surface area contributed by atoms with E-state index in [-0.39, 0.29) is 17.2 Å². The van der Waals surface area contributed by atoms with Crippen LogP contribution in [0.25, 0.3) is 0 Å². The lowest BCUT2D eigenvalue weighted by Crippen LogP contribution is -2.31. The number of hydrogen-bond donors (Lipinski definition) is 2. The number of phenolic OH excluding ortho intramolecular Hbond substituents is 1. The third-order valence-electron chi connectivity index (χ3n) is 4.83. The Hall–Kier alpha value is -3.12. The number of hydrogen-bond acceptors (Lipinski definition) is 4. The largest absolute Gasteiger partial charge is 0.507 e. The Kier molecular flexibility index (Phi) is 5.12. The molecule has 28 heavy (non-hydrogen) atoms. The zero-order chi connectivity index (χ0) is 19.5. The number of carbonyl (C=O) groups is 2. The van der Waals surface area contributed by atoms with Gasteiger partial charge in [-0.1, -0.05) is 12.1 Å². The first-order valence-electron chi connectivity index (χ1n) is 9.21. The van der Waals surface area contributed by atoms with Crippen molar-refractivity contribution in [3.8, 4) is 5.75 Å². The van der Waals surface area contributed by atoms with E-state index in [1.54, 1.807) is 53.8 Å². The topological polar surface area (TPSA) is 69.6 Å². The van der Waals surface area contributed by atoms with Crippen LogP contribution >= 0.6 is 11.3 Å². The van der Waals surface area contributed by atoms with Gasteiger partial charge in [-0.2, -0.15) is 0 Å². The van der Waals surface area contributed by atoms with E-state index in [1.807, 2.05) is 16.3 Å². The number of carbonyl (C=O) groups excluding carboxylic acids is 2. The van der Waals surface area contributed by atoms with Gasteiger partial charge < -0.3 is 15.3 Å². The molecule has 1 aliphatic heterocycles. The summed E-state index contributed by atoms with van der Waals surface area (Å²) in [4.78, 5) is 28.4. The second-order valence-electron chi connectivity index (χ2n) is 6.69. The molecule has 0 aliphatic carbocycles. The molecule has 2 heterocycles. The Bertz CT molecular complexity index is 1010. The standard InChI is InChI=1S/C22H20N2O3S/c25-19-6-2-1-5-17(19)21(26)23-16-10-8-15(9-11-16)22(27)24-13-4-3-7-20-18(24)12-14-28-20/h1-2,5-6,8-12,14,25H,3-4,7,13H2,(H,23,26). The number of para-hydroxylation sites is 1. The highest BCUT2D eigenvalue weighted by atomic mass is 32.1. The van der Waals surface area contributed by atoms with Crippen molar-refractivity contribution in [2.75, 3.05) is 16.8 Å². The first-order valence-corrected chi connectivity index (χ1v) is 10.1. The van der Waals surface area contributed by atoms with Gasteiger partial charge in [-0.3, -0.25) is 9.59 Å². The van der Waals surface area contributed by atoms with Crippen molar-refractivity contribution in [2.24, 2.45) is 0 Å². The molecule has 2 N–H and O–H groups in total. The van der Waals surface area contributed by atoms with E-state index in [9.17, 15) is 14.7 Å². The molecule has 0 unspecified atom stereocenters. The summed E-state index contributed by atoms with van der Waals surface area (Å²) in [7, 11) is 0. The van der Waals surface area contributed by atoms with Crippen LogP contribution in [0, 0.1) is 0 Å². The highest BCUT2D eigenvalue weighted by molar-refractivity contribution is 7.10. The maximum atomic E-state index is 13.0. The molecule has 3 aromatic rings. The number of amides is 2. The Morgan fingerprint density at radius 1 is 1.00 bits per heavy atom. The Morgan fingerprint density at radius 2 is 1.79 bits per heavy atom. The van der Waals surface area contributed by atoms with E-state index in [2.05, 4.69) is 5.32 Å². The summed E-state index contributed by atoms with van der Waals surface area (Å²) >= 11 is 1.70. The van der Waals surface area contributed by atoms with Crippen molar-refractivity contribution in [1.82, 2.24) is 0 Å². The molecule has 0 spiro atoms. The monoisotopic (exact) mass is 392 g/mol. The van der Waals surface area contributed by atoms with Crippen LogP contribution in [0.3, 0.4) is 0 Å². The summed E-state index contributed by atoms with van der Waals surface area (Å²) in [6.45, 7) is 0.717. The third kappa shape index (κ3) is 3.64. The molecule has 0 fully saturated rings. The fourth-order valence-electron chi connectivity index (χ4n) is 3.36. The Morgan fingerprint density at radius 3 is 2.57 bits per heavy atom. The van der Waals surface area contributed by atoms with Crippen LogP contribution in [0.1, 0.15) is 38.4 Å². The van der Waals surface area contributed by atoms with Gasteiger partial charge in [0, 0.05) is 22.7 Å². The minimum atomic E-state index is -0.396. The molecule has 2 aromatic carbocycles. The zero-order valence-corrected chi connectivity index (χ0v) is 16.0. The van der Waals surface area contributed by atoms with Gasteiger partial charge in [0.15, 0.2) is 0 Å². The lowest BCUT2D eigenvalue weighted by Gasteiger charge is -2.21. The maximum Gasteiger partial charge on any atom is 0.259 e. The number of anilines is 2. The molecular weight excluding hydrogens is 372 g/mol. The van der Waals surface area contributed by atoms with Gasteiger partial charge in [-0.25, -0.2) is 0 Å². The molecule has 5 nitrogen and oxygen atoms in total. The molecule has 0 radical (unpaired) electrons. The highest BCUT2D eigenvalue weighted by Gasteiger charge is 2.23. The fraction of sp³-hybridized carbons (Fsp3) is 0.182. The van der Waals surface area contributed by atoms with Crippen LogP contribution in [0.2, 0.25) is 0 Å². The summed E-state index contributed by atoms with van der Waals surface area (Å²) in [6, 6.07) is 15.2. The van der Waals surface area contributed by atoms with Crippen LogP contribution in [0.5, 0.6) is 5.75 Å². The smallest absolute Gasteiger partial charge is 0.259 e. The van der Waals surface area contributed by atoms with Gasteiger partial charge in [-0.05, 0) is 67.1 Å². The maximum absolute atomic E-state index is 13.0. The number of nitrogens with one attached hydrogen (secondary N) is 1. The molecule has 4 rings (SSSR count). The molecule has 1 aliphatic rings. The molecule has 2 amide bonds. The summed E-state index contributed by atoms with van der Waals surface area (Å²) < 4.78 is 0. The number of rotatable bonds is 3. The van der Waals surface area contributed by atoms with Gasteiger partial charge in [-0.15, -0.1) is 11.3 Å². The van der Waals surface area contributed by atoms with E-state index >= 15 is 0 Å². The molecule has 0 atom stereocenters. The van der Waals surface area contributed by atoms with Gasteiger partial charge in [0.1, 0.15) is 5.75 Å². The first-order chi connectivity index (χ1) is 13.6. The van der Waals surface area contributed by atoms with E-state index in [0.717, 1.165) is 24.9 Å². The van der Waals surface area contributed by atoms with Gasteiger partial charge in [0.25, 0.3) is 11.8 Å². The van der Waals surface area contributed by atoms with Crippen molar-refractivity contribution in [3.05, 3.63) is 76.0 Å². The van der Waals surface area contributed by atoms with Gasteiger partial charge in [0.2, 0.25) is 0 Å². The predicted molar refractivity (Wildman–Crippen MR) is 111 cm³/mol. The minimum absolute atomic E-state index is 0.0277. The number of benzene rings is 2. The number of fused-ring (bicyclic) bond motifs is 1. The molecule has 1 aromatic heterocycles. The second kappa shape index (κ2) is 7.86. The van der Waals surface area contributed by atoms with Crippen molar-refractivity contribution in [3.63, 3.8) is 0 Å². The van der Waals surface area contributed by atoms with Crippen LogP contribution in [0.4, 0.5) is 11.4 Å². The molecule has 0 bridgehead atoms. The van der Waals surface area contributed by atoms with Crippen LogP contribution in [-0.4, -0.2) is 23.5 Å². The zero-order valence-electron chi connectivity index (χ0n) is 15.2. The van der Waals surface area contributed by atoms with Gasteiger partial charge >= 0.3 is 0 Å². The summed E-state index contributed by atoms with van der Waals surface area (Å²) in [6.07, 6.45) is 3.10. The fourth-order valence-corrected chi connectivity index (χ4v) is 4.29. The van der Waals surface area contributed by atoms with E-state index < -0.39 is 5.91 Å². The molecule has 142 valence electrons. The molecule has 0 saturated carbocycles. The lowest BCUT2D eigenvalue weighted by molar-refractivity contribution is 0.0985. The number of aromatic hydroxyl groups is 1. The second-order valence-corrected chi connectivity index (χ2v) is 7.69. The Labute approximate surface area is 167 Å². The number of thiophene rings is 1. The normalized spacial score (nSPS) is 13.5. The average molecular weight is 392 g/mol. The average Bonchev–Trinajstić information content (AvgIpc) is 3.07. The quantitative estimate of drug-likeness (QED) is 0.679. The Balaban J connectivity index is 1.50. The van der Waals surface area contributed by atoms with E-state index in [0.29, 0.717) is 17.8 Å². The minimum Gasteiger partial charge on any atom is -0.507 e. The first kappa shape index (κ1) is 18.3. The van der Waals surface area contributed by atoms with E-state index in [1.165, 1.54) is 10.9 Å². The van der Waals surface area contributed by atoms with Crippen molar-refractivity contribution < 1.29 is 14.7 Å². The number of nitrogens with zero attached hydrogens (tertiary/aromatic N) is 1. The number of aryl methyl sites for hydroxylation is 1. The van der Waals surface area contributed by atoms with E-state index in [4.69, 9.17) is 0 Å². The van der Waals surface area contributed by atoms with Crippen LogP contribution in [-0.2, 0) is 6.42 Å².